The highest BCUT2D eigenvalue weighted by Gasteiger charge is 2.50. The highest BCUT2D eigenvalue weighted by atomic mass is 16.5. The summed E-state index contributed by atoms with van der Waals surface area (Å²) in [5.74, 6) is 1.99. The molecule has 1 N–H and O–H groups in total. The van der Waals surface area contributed by atoms with Crippen molar-refractivity contribution in [1.29, 1.82) is 0 Å². The highest BCUT2D eigenvalue weighted by molar-refractivity contribution is 5.02. The molecular weight excluding hydrogens is 234 g/mol. The molecule has 2 rings (SSSR count). The number of ether oxygens (including phenoxy) is 1. The maximum absolute atomic E-state index is 5.63. The van der Waals surface area contributed by atoms with Crippen LogP contribution in [0.3, 0.4) is 0 Å². The Morgan fingerprint density at radius 2 is 2.05 bits per heavy atom. The maximum Gasteiger partial charge on any atom is 0.0623 e. The van der Waals surface area contributed by atoms with Gasteiger partial charge >= 0.3 is 0 Å². The lowest BCUT2D eigenvalue weighted by molar-refractivity contribution is -0.00371. The monoisotopic (exact) mass is 267 g/mol. The molecule has 2 saturated carbocycles. The van der Waals surface area contributed by atoms with E-state index in [4.69, 9.17) is 4.74 Å². The number of fused-ring (bicyclic) bond motifs is 2. The van der Waals surface area contributed by atoms with Crippen LogP contribution in [0.15, 0.2) is 0 Å². The molecule has 2 heteroatoms. The molecule has 2 aliphatic rings. The molecule has 3 unspecified atom stereocenters. The molecular formula is C17H33NO. The lowest BCUT2D eigenvalue weighted by atomic mass is 9.69. The predicted octanol–water partition coefficient (Wildman–Crippen LogP) is 4.00. The van der Waals surface area contributed by atoms with Gasteiger partial charge in [0.15, 0.2) is 0 Å². The second-order valence-electron chi connectivity index (χ2n) is 7.94. The summed E-state index contributed by atoms with van der Waals surface area (Å²) in [6, 6.07) is 0.603. The first-order chi connectivity index (χ1) is 8.87. The van der Waals surface area contributed by atoms with Gasteiger partial charge in [-0.3, -0.25) is 0 Å². The zero-order chi connectivity index (χ0) is 14.1. The molecule has 3 atom stereocenters. The van der Waals surface area contributed by atoms with Gasteiger partial charge in [-0.1, -0.05) is 20.3 Å². The van der Waals surface area contributed by atoms with Crippen LogP contribution in [0.2, 0.25) is 0 Å². The summed E-state index contributed by atoms with van der Waals surface area (Å²) in [5.41, 5.74) is 0.593. The zero-order valence-electron chi connectivity index (χ0n) is 13.6. The van der Waals surface area contributed by atoms with E-state index in [0.29, 0.717) is 11.5 Å². The molecule has 0 aliphatic heterocycles. The first kappa shape index (κ1) is 15.3. The molecule has 0 aromatic carbocycles. The van der Waals surface area contributed by atoms with Gasteiger partial charge in [-0.2, -0.15) is 0 Å². The van der Waals surface area contributed by atoms with E-state index in [1.54, 1.807) is 0 Å². The fourth-order valence-corrected chi connectivity index (χ4v) is 4.23. The molecule has 0 amide bonds. The van der Waals surface area contributed by atoms with Crippen LogP contribution in [0.1, 0.15) is 66.2 Å². The summed E-state index contributed by atoms with van der Waals surface area (Å²) >= 11 is 0. The Hall–Kier alpha value is -0.0800. The van der Waals surface area contributed by atoms with Crippen LogP contribution in [0.25, 0.3) is 0 Å². The van der Waals surface area contributed by atoms with Crippen LogP contribution < -0.4 is 5.32 Å². The number of rotatable bonds is 7. The Bertz CT molecular complexity index is 300. The molecule has 2 bridgehead atoms. The molecule has 2 fully saturated rings. The third-order valence-electron chi connectivity index (χ3n) is 5.74. The summed E-state index contributed by atoms with van der Waals surface area (Å²) in [7, 11) is 1.85. The largest absolute Gasteiger partial charge is 0.379 e. The van der Waals surface area contributed by atoms with E-state index in [1.807, 2.05) is 7.11 Å². The van der Waals surface area contributed by atoms with Crippen LogP contribution in [0, 0.1) is 17.3 Å². The van der Waals surface area contributed by atoms with Gasteiger partial charge in [-0.05, 0) is 63.2 Å². The second kappa shape index (κ2) is 5.73. The summed E-state index contributed by atoms with van der Waals surface area (Å²) in [4.78, 5) is 0. The van der Waals surface area contributed by atoms with Crippen molar-refractivity contribution in [2.24, 2.45) is 17.3 Å². The predicted molar refractivity (Wildman–Crippen MR) is 81.3 cm³/mol. The number of hydrogen-bond donors (Lipinski definition) is 1. The van der Waals surface area contributed by atoms with Gasteiger partial charge in [0.05, 0.1) is 5.60 Å². The van der Waals surface area contributed by atoms with Crippen LogP contribution in [0.5, 0.6) is 0 Å². The molecule has 0 aromatic heterocycles. The number of methoxy groups -OCH3 is 1. The summed E-state index contributed by atoms with van der Waals surface area (Å²) in [6.07, 6.45) is 8.42. The van der Waals surface area contributed by atoms with E-state index in [1.165, 1.54) is 45.1 Å². The van der Waals surface area contributed by atoms with Gasteiger partial charge in [0, 0.05) is 19.7 Å². The SMILES string of the molecule is COC(C)(C)CCC1(CNC(C)C)CC2CCC1C2. The van der Waals surface area contributed by atoms with Crippen LogP contribution in [-0.4, -0.2) is 25.3 Å². The van der Waals surface area contributed by atoms with Crippen molar-refractivity contribution in [3.8, 4) is 0 Å². The Morgan fingerprint density at radius 3 is 2.53 bits per heavy atom. The minimum Gasteiger partial charge on any atom is -0.379 e. The number of nitrogens with one attached hydrogen (secondary N) is 1. The maximum atomic E-state index is 5.63. The van der Waals surface area contributed by atoms with Crippen molar-refractivity contribution in [3.63, 3.8) is 0 Å². The smallest absolute Gasteiger partial charge is 0.0623 e. The molecule has 0 radical (unpaired) electrons. The van der Waals surface area contributed by atoms with Crippen molar-refractivity contribution in [1.82, 2.24) is 5.32 Å². The molecule has 2 aliphatic carbocycles. The van der Waals surface area contributed by atoms with Crippen LogP contribution in [0.4, 0.5) is 0 Å². The normalized spacial score (nSPS) is 34.4. The average molecular weight is 267 g/mol. The molecule has 19 heavy (non-hydrogen) atoms. The zero-order valence-corrected chi connectivity index (χ0v) is 13.6. The minimum absolute atomic E-state index is 0.0344. The van der Waals surface area contributed by atoms with E-state index >= 15 is 0 Å². The van der Waals surface area contributed by atoms with Gasteiger partial charge in [0.1, 0.15) is 0 Å². The average Bonchev–Trinajstić information content (AvgIpc) is 2.95. The van der Waals surface area contributed by atoms with E-state index in [9.17, 15) is 0 Å². The fraction of sp³-hybridized carbons (Fsp3) is 1.00. The highest BCUT2D eigenvalue weighted by Crippen LogP contribution is 2.58. The molecule has 112 valence electrons. The first-order valence-electron chi connectivity index (χ1n) is 8.15. The molecule has 0 aromatic rings. The lowest BCUT2D eigenvalue weighted by Crippen LogP contribution is -2.42. The summed E-state index contributed by atoms with van der Waals surface area (Å²) in [5, 5.41) is 3.73. The quantitative estimate of drug-likeness (QED) is 0.753. The van der Waals surface area contributed by atoms with Gasteiger partial charge in [0.2, 0.25) is 0 Å². The fourth-order valence-electron chi connectivity index (χ4n) is 4.23. The van der Waals surface area contributed by atoms with Gasteiger partial charge < -0.3 is 10.1 Å². The Balaban J connectivity index is 1.99. The standard InChI is InChI=1S/C17H33NO/c1-13(2)18-12-17(9-8-16(3,4)19-5)11-14-6-7-15(17)10-14/h13-15,18H,6-12H2,1-5H3. The van der Waals surface area contributed by atoms with E-state index < -0.39 is 0 Å². The van der Waals surface area contributed by atoms with Crippen molar-refractivity contribution < 1.29 is 4.74 Å². The van der Waals surface area contributed by atoms with E-state index in [2.05, 4.69) is 33.0 Å². The Morgan fingerprint density at radius 1 is 1.32 bits per heavy atom. The van der Waals surface area contributed by atoms with Gasteiger partial charge in [0.25, 0.3) is 0 Å². The lowest BCUT2D eigenvalue weighted by Gasteiger charge is -2.41. The summed E-state index contributed by atoms with van der Waals surface area (Å²) < 4.78 is 5.63. The van der Waals surface area contributed by atoms with Crippen LogP contribution >= 0.6 is 0 Å². The molecule has 0 saturated heterocycles. The van der Waals surface area contributed by atoms with E-state index in [0.717, 1.165) is 11.8 Å². The summed E-state index contributed by atoms with van der Waals surface area (Å²) in [6.45, 7) is 10.2. The van der Waals surface area contributed by atoms with Crippen molar-refractivity contribution in [2.75, 3.05) is 13.7 Å². The van der Waals surface area contributed by atoms with Crippen LogP contribution in [-0.2, 0) is 4.74 Å². The number of hydrogen-bond acceptors (Lipinski definition) is 2. The molecule has 0 spiro atoms. The third-order valence-corrected chi connectivity index (χ3v) is 5.74. The molecule has 2 nitrogen and oxygen atoms in total. The first-order valence-corrected chi connectivity index (χ1v) is 8.15. The topological polar surface area (TPSA) is 21.3 Å². The Labute approximate surface area is 119 Å². The molecule has 0 heterocycles. The van der Waals surface area contributed by atoms with Gasteiger partial charge in [-0.25, -0.2) is 0 Å². The van der Waals surface area contributed by atoms with E-state index in [-0.39, 0.29) is 5.60 Å². The Kier molecular flexibility index (Phi) is 4.62. The third kappa shape index (κ3) is 3.52. The van der Waals surface area contributed by atoms with Crippen molar-refractivity contribution in [2.45, 2.75) is 77.9 Å². The second-order valence-corrected chi connectivity index (χ2v) is 7.94. The minimum atomic E-state index is 0.0344. The van der Waals surface area contributed by atoms with Crippen molar-refractivity contribution >= 4 is 0 Å². The van der Waals surface area contributed by atoms with Gasteiger partial charge in [-0.15, -0.1) is 0 Å². The van der Waals surface area contributed by atoms with Crippen molar-refractivity contribution in [3.05, 3.63) is 0 Å².